The number of piperazine rings is 1. The van der Waals surface area contributed by atoms with E-state index in [9.17, 15) is 13.2 Å². The molecule has 3 rings (SSSR count). The molecule has 1 aliphatic heterocycles. The summed E-state index contributed by atoms with van der Waals surface area (Å²) >= 11 is 12.0. The molecule has 9 heteroatoms. The summed E-state index contributed by atoms with van der Waals surface area (Å²) in [6.45, 7) is 1.15. The molecule has 29 heavy (non-hydrogen) atoms. The Kier molecular flexibility index (Phi) is 6.97. The molecule has 0 aromatic heterocycles. The van der Waals surface area contributed by atoms with Crippen molar-refractivity contribution in [2.75, 3.05) is 37.7 Å². The van der Waals surface area contributed by atoms with Gasteiger partial charge in [-0.2, -0.15) is 4.31 Å². The fourth-order valence-corrected chi connectivity index (χ4v) is 4.81. The number of aliphatic hydroxyl groups excluding tert-OH is 1. The van der Waals surface area contributed by atoms with E-state index in [0.29, 0.717) is 41.8 Å². The van der Waals surface area contributed by atoms with Gasteiger partial charge in [0.1, 0.15) is 6.61 Å². The van der Waals surface area contributed by atoms with Crippen molar-refractivity contribution < 1.29 is 18.3 Å². The molecule has 154 valence electrons. The monoisotopic (exact) mass is 454 g/mol. The Morgan fingerprint density at radius 2 is 1.76 bits per heavy atom. The number of aliphatic hydroxyl groups is 1. The zero-order valence-corrected chi connectivity index (χ0v) is 17.8. The second kappa shape index (κ2) is 9.28. The van der Waals surface area contributed by atoms with Crippen LogP contribution in [0.4, 0.5) is 5.69 Å². The summed E-state index contributed by atoms with van der Waals surface area (Å²) < 4.78 is 27.5. The van der Waals surface area contributed by atoms with Crippen molar-refractivity contribution in [3.05, 3.63) is 64.1 Å². The average Bonchev–Trinajstić information content (AvgIpc) is 2.74. The molecule has 2 aromatic rings. The Morgan fingerprint density at radius 3 is 2.41 bits per heavy atom. The molecular formula is C20H20Cl2N2O4S. The predicted octanol–water partition coefficient (Wildman–Crippen LogP) is 3.08. The van der Waals surface area contributed by atoms with E-state index in [1.54, 1.807) is 24.3 Å². The van der Waals surface area contributed by atoms with Gasteiger partial charge in [-0.15, -0.1) is 0 Å². The molecule has 1 N–H and O–H groups in total. The van der Waals surface area contributed by atoms with Crippen molar-refractivity contribution >= 4 is 50.8 Å². The third kappa shape index (κ3) is 5.18. The van der Waals surface area contributed by atoms with Gasteiger partial charge in [0.15, 0.2) is 5.78 Å². The number of sulfonamides is 1. The summed E-state index contributed by atoms with van der Waals surface area (Å²) in [5.41, 5.74) is 1.47. The maximum atomic E-state index is 13.0. The van der Waals surface area contributed by atoms with Crippen LogP contribution in [0.3, 0.4) is 0 Å². The highest BCUT2D eigenvalue weighted by Crippen LogP contribution is 2.28. The van der Waals surface area contributed by atoms with Crippen molar-refractivity contribution in [1.29, 1.82) is 0 Å². The van der Waals surface area contributed by atoms with Gasteiger partial charge in [-0.25, -0.2) is 8.42 Å². The van der Waals surface area contributed by atoms with Crippen LogP contribution in [0.25, 0.3) is 6.08 Å². The number of halogens is 2. The van der Waals surface area contributed by atoms with E-state index in [0.717, 1.165) is 5.69 Å². The van der Waals surface area contributed by atoms with Crippen molar-refractivity contribution in [2.45, 2.75) is 4.90 Å². The smallest absolute Gasteiger partial charge is 0.243 e. The lowest BCUT2D eigenvalue weighted by atomic mass is 10.2. The number of hydrogen-bond acceptors (Lipinski definition) is 5. The molecule has 0 aliphatic carbocycles. The van der Waals surface area contributed by atoms with Gasteiger partial charge >= 0.3 is 0 Å². The Hall–Kier alpha value is -1.90. The molecule has 1 saturated heterocycles. The molecule has 1 aliphatic rings. The molecule has 1 heterocycles. The van der Waals surface area contributed by atoms with E-state index in [2.05, 4.69) is 4.90 Å². The summed E-state index contributed by atoms with van der Waals surface area (Å²) in [6.07, 6.45) is 2.71. The highest BCUT2D eigenvalue weighted by Gasteiger charge is 2.28. The third-order valence-electron chi connectivity index (χ3n) is 4.62. The summed E-state index contributed by atoms with van der Waals surface area (Å²) in [5, 5.41) is 9.72. The van der Waals surface area contributed by atoms with Crippen LogP contribution in [0.1, 0.15) is 5.56 Å². The summed E-state index contributed by atoms with van der Waals surface area (Å²) in [6, 6.07) is 11.7. The Morgan fingerprint density at radius 1 is 1.03 bits per heavy atom. The zero-order valence-electron chi connectivity index (χ0n) is 15.5. The van der Waals surface area contributed by atoms with Gasteiger partial charge in [-0.05, 0) is 42.0 Å². The lowest BCUT2D eigenvalue weighted by Gasteiger charge is -2.35. The van der Waals surface area contributed by atoms with Gasteiger partial charge in [-0.1, -0.05) is 41.4 Å². The van der Waals surface area contributed by atoms with E-state index >= 15 is 0 Å². The van der Waals surface area contributed by atoms with Crippen LogP contribution in [0.5, 0.6) is 0 Å². The number of nitrogens with zero attached hydrogens (tertiary/aromatic N) is 2. The van der Waals surface area contributed by atoms with Gasteiger partial charge in [0, 0.05) is 31.9 Å². The van der Waals surface area contributed by atoms with Crippen molar-refractivity contribution in [2.24, 2.45) is 0 Å². The second-order valence-corrected chi connectivity index (χ2v) is 9.27. The zero-order chi connectivity index (χ0) is 21.0. The third-order valence-corrected chi connectivity index (χ3v) is 7.25. The Labute approximate surface area is 180 Å². The van der Waals surface area contributed by atoms with Crippen LogP contribution in [0.2, 0.25) is 10.0 Å². The minimum atomic E-state index is -3.66. The first kappa shape index (κ1) is 21.8. The van der Waals surface area contributed by atoms with Crippen molar-refractivity contribution in [3.8, 4) is 0 Å². The van der Waals surface area contributed by atoms with Crippen molar-refractivity contribution in [1.82, 2.24) is 4.31 Å². The predicted molar refractivity (Wildman–Crippen MR) is 115 cm³/mol. The van der Waals surface area contributed by atoms with Gasteiger partial charge in [0.2, 0.25) is 10.0 Å². The highest BCUT2D eigenvalue weighted by molar-refractivity contribution is 7.89. The first-order valence-electron chi connectivity index (χ1n) is 8.93. The fourth-order valence-electron chi connectivity index (χ4n) is 3.04. The van der Waals surface area contributed by atoms with Crippen LogP contribution in [-0.4, -0.2) is 56.4 Å². The SMILES string of the molecule is O=C(/C=C/c1cccc(S(=O)(=O)N2CCN(c3ccc(Cl)c(Cl)c3)CC2)c1)CO. The number of anilines is 1. The first-order valence-corrected chi connectivity index (χ1v) is 11.1. The number of ketones is 1. The van der Waals surface area contributed by atoms with Crippen LogP contribution < -0.4 is 4.90 Å². The molecule has 0 atom stereocenters. The maximum Gasteiger partial charge on any atom is 0.243 e. The van der Waals surface area contributed by atoms with E-state index < -0.39 is 22.4 Å². The van der Waals surface area contributed by atoms with Gasteiger partial charge in [-0.3, -0.25) is 4.79 Å². The standard InChI is InChI=1S/C20H20Cl2N2O4S/c21-19-7-5-16(13-20(19)22)23-8-10-24(11-9-23)29(27,28)18-3-1-2-15(12-18)4-6-17(26)14-25/h1-7,12-13,25H,8-11,14H2/b6-4+. The lowest BCUT2D eigenvalue weighted by molar-refractivity contribution is -0.117. The van der Waals surface area contributed by atoms with E-state index in [-0.39, 0.29) is 4.90 Å². The number of carbonyl (C=O) groups is 1. The molecule has 6 nitrogen and oxygen atoms in total. The van der Waals surface area contributed by atoms with E-state index in [4.69, 9.17) is 28.3 Å². The highest BCUT2D eigenvalue weighted by atomic mass is 35.5. The quantitative estimate of drug-likeness (QED) is 0.678. The molecule has 0 saturated carbocycles. The van der Waals surface area contributed by atoms with Crippen LogP contribution in [0.15, 0.2) is 53.4 Å². The Bertz CT molecular complexity index is 1030. The number of carbonyl (C=O) groups excluding carboxylic acids is 1. The minimum absolute atomic E-state index is 0.166. The molecular weight excluding hydrogens is 435 g/mol. The number of rotatable bonds is 6. The van der Waals surface area contributed by atoms with Gasteiger partial charge in [0.25, 0.3) is 0 Å². The lowest BCUT2D eigenvalue weighted by Crippen LogP contribution is -2.48. The summed E-state index contributed by atoms with van der Waals surface area (Å²) in [7, 11) is -3.66. The molecule has 1 fully saturated rings. The number of hydrogen-bond donors (Lipinski definition) is 1. The molecule has 0 radical (unpaired) electrons. The van der Waals surface area contributed by atoms with E-state index in [1.165, 1.54) is 28.6 Å². The molecule has 0 amide bonds. The largest absolute Gasteiger partial charge is 0.388 e. The molecule has 0 spiro atoms. The van der Waals surface area contributed by atoms with Crippen LogP contribution >= 0.6 is 23.2 Å². The van der Waals surface area contributed by atoms with E-state index in [1.807, 2.05) is 6.07 Å². The second-order valence-electron chi connectivity index (χ2n) is 6.52. The average molecular weight is 455 g/mol. The van der Waals surface area contributed by atoms with Crippen LogP contribution in [0, 0.1) is 0 Å². The normalized spacial score (nSPS) is 15.8. The van der Waals surface area contributed by atoms with Gasteiger partial charge < -0.3 is 10.0 Å². The minimum Gasteiger partial charge on any atom is -0.388 e. The first-order chi connectivity index (χ1) is 13.8. The van der Waals surface area contributed by atoms with Crippen molar-refractivity contribution in [3.63, 3.8) is 0 Å². The topological polar surface area (TPSA) is 77.9 Å². The molecule has 0 bridgehead atoms. The summed E-state index contributed by atoms with van der Waals surface area (Å²) in [5.74, 6) is -0.448. The fraction of sp³-hybridized carbons (Fsp3) is 0.250. The summed E-state index contributed by atoms with van der Waals surface area (Å²) in [4.78, 5) is 13.4. The maximum absolute atomic E-state index is 13.0. The molecule has 2 aromatic carbocycles. The number of benzene rings is 2. The van der Waals surface area contributed by atoms with Gasteiger partial charge in [0.05, 0.1) is 14.9 Å². The van der Waals surface area contributed by atoms with Crippen LogP contribution in [-0.2, 0) is 14.8 Å². The Balaban J connectivity index is 1.72. The molecule has 0 unspecified atom stereocenters.